The van der Waals surface area contributed by atoms with E-state index in [1.54, 1.807) is 0 Å². The Kier molecular flexibility index (Phi) is 4.22. The molecule has 9 nitrogen and oxygen atoms in total. The molecule has 0 spiro atoms. The molecule has 0 bridgehead atoms. The zero-order valence-electron chi connectivity index (χ0n) is 15.4. The van der Waals surface area contributed by atoms with Crippen LogP contribution in [0.5, 0.6) is 0 Å². The monoisotopic (exact) mass is 393 g/mol. The molecular weight excluding hydrogens is 374 g/mol. The molecule has 4 atom stereocenters. The number of aromatic nitrogens is 4. The van der Waals surface area contributed by atoms with Crippen molar-refractivity contribution in [2.45, 2.75) is 31.0 Å². The summed E-state index contributed by atoms with van der Waals surface area (Å²) in [6, 6.07) is 8.09. The normalized spacial score (nSPS) is 26.1. The van der Waals surface area contributed by atoms with Crippen LogP contribution in [0.15, 0.2) is 30.6 Å². The molecular formula is C20H19N5O4. The van der Waals surface area contributed by atoms with Gasteiger partial charge in [0, 0.05) is 12.2 Å². The van der Waals surface area contributed by atoms with Gasteiger partial charge in [-0.15, -0.1) is 6.42 Å². The number of imidazole rings is 1. The topological polar surface area (TPSA) is 117 Å². The quantitative estimate of drug-likeness (QED) is 0.537. The summed E-state index contributed by atoms with van der Waals surface area (Å²) in [7, 11) is 0. The number of aliphatic hydroxyl groups is 3. The zero-order chi connectivity index (χ0) is 20.1. The zero-order valence-corrected chi connectivity index (χ0v) is 15.4. The maximum atomic E-state index is 10.5. The molecule has 3 N–H and O–H groups in total. The molecule has 148 valence electrons. The molecule has 1 saturated heterocycles. The van der Waals surface area contributed by atoms with Crippen molar-refractivity contribution < 1.29 is 20.1 Å². The summed E-state index contributed by atoms with van der Waals surface area (Å²) in [6.07, 6.45) is 3.48. The van der Waals surface area contributed by atoms with Gasteiger partial charge in [0.15, 0.2) is 29.0 Å². The number of benzene rings is 1. The van der Waals surface area contributed by atoms with Crippen LogP contribution in [0.2, 0.25) is 0 Å². The number of para-hydroxylation sites is 1. The van der Waals surface area contributed by atoms with Gasteiger partial charge in [0.2, 0.25) is 0 Å². The van der Waals surface area contributed by atoms with E-state index in [0.29, 0.717) is 17.0 Å². The highest BCUT2D eigenvalue weighted by molar-refractivity contribution is 5.88. The van der Waals surface area contributed by atoms with Gasteiger partial charge in [-0.05, 0) is 24.0 Å². The molecule has 0 aliphatic carbocycles. The molecule has 0 saturated carbocycles. The third kappa shape index (κ3) is 2.62. The largest absolute Gasteiger partial charge is 0.394 e. The van der Waals surface area contributed by atoms with Crippen molar-refractivity contribution in [2.75, 3.05) is 18.1 Å². The van der Waals surface area contributed by atoms with Crippen molar-refractivity contribution in [1.29, 1.82) is 0 Å². The number of fused-ring (bicyclic) bond motifs is 2. The second-order valence-electron chi connectivity index (χ2n) is 7.08. The fraction of sp³-hybridized carbons (Fsp3) is 0.350. The van der Waals surface area contributed by atoms with Gasteiger partial charge >= 0.3 is 0 Å². The first kappa shape index (κ1) is 18.0. The van der Waals surface area contributed by atoms with Crippen LogP contribution in [0.1, 0.15) is 17.6 Å². The van der Waals surface area contributed by atoms with Crippen molar-refractivity contribution in [2.24, 2.45) is 0 Å². The van der Waals surface area contributed by atoms with Crippen LogP contribution < -0.4 is 4.90 Å². The van der Waals surface area contributed by atoms with Crippen LogP contribution in [0.3, 0.4) is 0 Å². The van der Waals surface area contributed by atoms with Gasteiger partial charge in [0.25, 0.3) is 0 Å². The van der Waals surface area contributed by atoms with Crippen molar-refractivity contribution >= 4 is 22.7 Å². The van der Waals surface area contributed by atoms with E-state index in [1.165, 1.54) is 16.5 Å². The number of nitrogens with zero attached hydrogens (tertiary/aromatic N) is 5. The van der Waals surface area contributed by atoms with E-state index in [4.69, 9.17) is 11.2 Å². The number of anilines is 2. The van der Waals surface area contributed by atoms with Crippen molar-refractivity contribution in [3.8, 4) is 12.3 Å². The average molecular weight is 393 g/mol. The molecule has 0 unspecified atom stereocenters. The van der Waals surface area contributed by atoms with Crippen LogP contribution in [0.4, 0.5) is 11.5 Å². The van der Waals surface area contributed by atoms with Crippen molar-refractivity contribution in [1.82, 2.24) is 19.5 Å². The molecule has 0 radical (unpaired) electrons. The number of hydrogen-bond donors (Lipinski definition) is 3. The maximum absolute atomic E-state index is 10.5. The Balaban J connectivity index is 1.65. The predicted octanol–water partition coefficient (Wildman–Crippen LogP) is 0.113. The highest BCUT2D eigenvalue weighted by Gasteiger charge is 2.45. The summed E-state index contributed by atoms with van der Waals surface area (Å²) in [5, 5.41) is 30.0. The number of ether oxygens (including phenoxy) is 1. The SMILES string of the molecule is C#Cc1nc2c(N3CCc4ccccc43)ncnc2n1[C@@H]1O[C@H](CO)[C@@H](O)[C@H]1O. The van der Waals surface area contributed by atoms with Crippen molar-refractivity contribution in [3.05, 3.63) is 42.0 Å². The summed E-state index contributed by atoms with van der Waals surface area (Å²) < 4.78 is 7.13. The Morgan fingerprint density at radius 3 is 2.79 bits per heavy atom. The van der Waals surface area contributed by atoms with E-state index in [2.05, 4.69) is 31.8 Å². The Hall–Kier alpha value is -3.03. The average Bonchev–Trinajstić information content (AvgIpc) is 3.42. The van der Waals surface area contributed by atoms with E-state index in [-0.39, 0.29) is 5.82 Å². The third-order valence-electron chi connectivity index (χ3n) is 5.50. The summed E-state index contributed by atoms with van der Waals surface area (Å²) in [6.45, 7) is 0.315. The molecule has 1 fully saturated rings. The van der Waals surface area contributed by atoms with E-state index < -0.39 is 31.1 Å². The minimum absolute atomic E-state index is 0.198. The van der Waals surface area contributed by atoms with Crippen molar-refractivity contribution in [3.63, 3.8) is 0 Å². The fourth-order valence-corrected chi connectivity index (χ4v) is 4.09. The van der Waals surface area contributed by atoms with E-state index >= 15 is 0 Å². The van der Waals surface area contributed by atoms with Crippen LogP contribution in [0, 0.1) is 12.3 Å². The highest BCUT2D eigenvalue weighted by atomic mass is 16.6. The maximum Gasteiger partial charge on any atom is 0.189 e. The second-order valence-corrected chi connectivity index (χ2v) is 7.08. The molecule has 29 heavy (non-hydrogen) atoms. The van der Waals surface area contributed by atoms with Gasteiger partial charge in [-0.3, -0.25) is 4.57 Å². The van der Waals surface area contributed by atoms with Crippen LogP contribution in [0.25, 0.3) is 11.2 Å². The smallest absolute Gasteiger partial charge is 0.189 e. The standard InChI is InChI=1S/C20H19N5O4/c1-2-14-23-15-18(24-8-7-11-5-3-4-6-12(11)24)21-10-22-19(15)25(14)20-17(28)16(27)13(9-26)29-20/h1,3-6,10,13,16-17,20,26-28H,7-9H2/t13-,16-,17-,20-/m1/s1. The van der Waals surface area contributed by atoms with Gasteiger partial charge in [-0.1, -0.05) is 18.2 Å². The van der Waals surface area contributed by atoms with Crippen LogP contribution >= 0.6 is 0 Å². The number of rotatable bonds is 3. The lowest BCUT2D eigenvalue weighted by Gasteiger charge is -2.19. The Morgan fingerprint density at radius 2 is 2.03 bits per heavy atom. The summed E-state index contributed by atoms with van der Waals surface area (Å²) in [5.74, 6) is 3.31. The minimum Gasteiger partial charge on any atom is -0.394 e. The highest BCUT2D eigenvalue weighted by Crippen LogP contribution is 2.38. The molecule has 9 heteroatoms. The van der Waals surface area contributed by atoms with Crippen LogP contribution in [-0.2, 0) is 11.2 Å². The molecule has 3 aromatic rings. The summed E-state index contributed by atoms with van der Waals surface area (Å²) in [4.78, 5) is 15.4. The van der Waals surface area contributed by atoms with Gasteiger partial charge < -0.3 is 25.0 Å². The molecule has 5 rings (SSSR count). The summed E-state index contributed by atoms with van der Waals surface area (Å²) >= 11 is 0. The number of terminal acetylenes is 1. The van der Waals surface area contributed by atoms with Crippen LogP contribution in [-0.4, -0.2) is 66.3 Å². The molecule has 4 heterocycles. The third-order valence-corrected chi connectivity index (χ3v) is 5.50. The molecule has 2 aliphatic heterocycles. The predicted molar refractivity (Wildman–Crippen MR) is 103 cm³/mol. The second kappa shape index (κ2) is 6.79. The fourth-order valence-electron chi connectivity index (χ4n) is 4.09. The minimum atomic E-state index is -1.29. The molecule has 0 amide bonds. The Bertz CT molecular complexity index is 1120. The lowest BCUT2D eigenvalue weighted by molar-refractivity contribution is -0.0514. The van der Waals surface area contributed by atoms with E-state index in [1.807, 2.05) is 18.2 Å². The van der Waals surface area contributed by atoms with Gasteiger partial charge in [-0.2, -0.15) is 0 Å². The first-order valence-electron chi connectivity index (χ1n) is 9.31. The lowest BCUT2D eigenvalue weighted by atomic mass is 10.1. The molecule has 2 aromatic heterocycles. The van der Waals surface area contributed by atoms with E-state index in [9.17, 15) is 15.3 Å². The number of aliphatic hydroxyl groups excluding tert-OH is 3. The van der Waals surface area contributed by atoms with Gasteiger partial charge in [0.1, 0.15) is 24.6 Å². The summed E-state index contributed by atoms with van der Waals surface area (Å²) in [5.41, 5.74) is 3.15. The van der Waals surface area contributed by atoms with Gasteiger partial charge in [0.05, 0.1) is 6.61 Å². The first-order chi connectivity index (χ1) is 14.1. The lowest BCUT2D eigenvalue weighted by Crippen LogP contribution is -2.33. The van der Waals surface area contributed by atoms with Gasteiger partial charge in [-0.25, -0.2) is 15.0 Å². The molecule has 1 aromatic carbocycles. The van der Waals surface area contributed by atoms with E-state index in [0.717, 1.165) is 18.7 Å². The Morgan fingerprint density at radius 1 is 1.21 bits per heavy atom. The number of hydrogen-bond acceptors (Lipinski definition) is 8. The first-order valence-corrected chi connectivity index (χ1v) is 9.31. The molecule has 2 aliphatic rings. The Labute approximate surface area is 166 Å².